The van der Waals surface area contributed by atoms with E-state index in [1.54, 1.807) is 0 Å². The van der Waals surface area contributed by atoms with Gasteiger partial charge in [0.1, 0.15) is 4.60 Å². The molecule has 0 fully saturated rings. The fourth-order valence-corrected chi connectivity index (χ4v) is 1.16. The van der Waals surface area contributed by atoms with Crippen molar-refractivity contribution in [2.75, 3.05) is 12.8 Å². The van der Waals surface area contributed by atoms with Gasteiger partial charge in [-0.1, -0.05) is 0 Å². The van der Waals surface area contributed by atoms with E-state index in [1.807, 2.05) is 0 Å². The van der Waals surface area contributed by atoms with E-state index < -0.39 is 11.9 Å². The van der Waals surface area contributed by atoms with Gasteiger partial charge in [-0.3, -0.25) is 0 Å². The highest BCUT2D eigenvalue weighted by molar-refractivity contribution is 9.10. The zero-order valence-electron chi connectivity index (χ0n) is 6.67. The maximum atomic E-state index is 12.7. The Labute approximate surface area is 82.0 Å². The summed E-state index contributed by atoms with van der Waals surface area (Å²) >= 11 is 2.91. The molecule has 70 valence electrons. The summed E-state index contributed by atoms with van der Waals surface area (Å²) in [5.41, 5.74) is 5.47. The molecule has 0 unspecified atom stereocenters. The van der Waals surface area contributed by atoms with Crippen LogP contribution in [0.1, 0.15) is 10.4 Å². The standard InChI is InChI=1S/C7H6BrFN2O2/c1-13-7(12)3-2-4(9)11-6(8)5(3)10/h2H,10H2,1H3. The van der Waals surface area contributed by atoms with Crippen LogP contribution < -0.4 is 5.73 Å². The van der Waals surface area contributed by atoms with E-state index in [9.17, 15) is 9.18 Å². The molecule has 1 heterocycles. The Bertz CT molecular complexity index is 357. The van der Waals surface area contributed by atoms with Crippen molar-refractivity contribution >= 4 is 27.6 Å². The number of anilines is 1. The molecule has 0 spiro atoms. The van der Waals surface area contributed by atoms with Crippen LogP contribution in [0.25, 0.3) is 0 Å². The van der Waals surface area contributed by atoms with E-state index in [1.165, 1.54) is 7.11 Å². The lowest BCUT2D eigenvalue weighted by Gasteiger charge is -2.04. The summed E-state index contributed by atoms with van der Waals surface area (Å²) in [6, 6.07) is 0.923. The van der Waals surface area contributed by atoms with Gasteiger partial charge in [-0.25, -0.2) is 9.78 Å². The molecule has 0 atom stereocenters. The first kappa shape index (κ1) is 9.91. The molecule has 2 N–H and O–H groups in total. The number of aromatic nitrogens is 1. The number of carbonyl (C=O) groups excluding carboxylic acids is 1. The zero-order valence-corrected chi connectivity index (χ0v) is 8.26. The van der Waals surface area contributed by atoms with Crippen LogP contribution in [0.4, 0.5) is 10.1 Å². The molecule has 1 rings (SSSR count). The van der Waals surface area contributed by atoms with Crippen LogP contribution in [0, 0.1) is 5.95 Å². The number of methoxy groups -OCH3 is 1. The third kappa shape index (κ3) is 1.95. The maximum Gasteiger partial charge on any atom is 0.340 e. The van der Waals surface area contributed by atoms with E-state index in [4.69, 9.17) is 5.73 Å². The Morgan fingerprint density at radius 1 is 1.77 bits per heavy atom. The van der Waals surface area contributed by atoms with Crippen LogP contribution in [0.3, 0.4) is 0 Å². The number of pyridine rings is 1. The van der Waals surface area contributed by atoms with Crippen LogP contribution >= 0.6 is 15.9 Å². The largest absolute Gasteiger partial charge is 0.465 e. The minimum Gasteiger partial charge on any atom is -0.465 e. The van der Waals surface area contributed by atoms with Gasteiger partial charge in [0.15, 0.2) is 0 Å². The van der Waals surface area contributed by atoms with Crippen molar-refractivity contribution < 1.29 is 13.9 Å². The lowest BCUT2D eigenvalue weighted by Crippen LogP contribution is -2.08. The van der Waals surface area contributed by atoms with Gasteiger partial charge in [-0.2, -0.15) is 4.39 Å². The lowest BCUT2D eigenvalue weighted by molar-refractivity contribution is 0.0601. The molecular weight excluding hydrogens is 243 g/mol. The summed E-state index contributed by atoms with van der Waals surface area (Å²) in [4.78, 5) is 14.4. The Kier molecular flexibility index (Phi) is 2.82. The summed E-state index contributed by atoms with van der Waals surface area (Å²) in [5, 5.41) is 0. The summed E-state index contributed by atoms with van der Waals surface area (Å²) < 4.78 is 17.2. The SMILES string of the molecule is COC(=O)c1cc(F)nc(Br)c1N. The fraction of sp³-hybridized carbons (Fsp3) is 0.143. The van der Waals surface area contributed by atoms with E-state index in [0.717, 1.165) is 6.07 Å². The van der Waals surface area contributed by atoms with E-state index in [-0.39, 0.29) is 15.9 Å². The van der Waals surface area contributed by atoms with Crippen LogP contribution in [0.5, 0.6) is 0 Å². The molecule has 0 saturated heterocycles. The predicted molar refractivity (Wildman–Crippen MR) is 47.6 cm³/mol. The lowest BCUT2D eigenvalue weighted by atomic mass is 10.2. The van der Waals surface area contributed by atoms with Crippen molar-refractivity contribution in [2.45, 2.75) is 0 Å². The van der Waals surface area contributed by atoms with E-state index in [0.29, 0.717) is 0 Å². The number of nitrogens with two attached hydrogens (primary N) is 1. The second-order valence-corrected chi connectivity index (χ2v) is 2.94. The Balaban J connectivity index is 3.28. The smallest absolute Gasteiger partial charge is 0.340 e. The van der Waals surface area contributed by atoms with Gasteiger partial charge in [0.05, 0.1) is 18.4 Å². The summed E-state index contributed by atoms with van der Waals surface area (Å²) in [7, 11) is 1.19. The highest BCUT2D eigenvalue weighted by atomic mass is 79.9. The summed E-state index contributed by atoms with van der Waals surface area (Å²) in [6.45, 7) is 0. The number of halogens is 2. The molecule has 0 aliphatic carbocycles. The predicted octanol–water partition coefficient (Wildman–Crippen LogP) is 1.35. The Morgan fingerprint density at radius 2 is 2.38 bits per heavy atom. The average molecular weight is 249 g/mol. The molecule has 6 heteroatoms. The minimum absolute atomic E-state index is 0.0399. The van der Waals surface area contributed by atoms with Crippen molar-refractivity contribution in [1.29, 1.82) is 0 Å². The number of rotatable bonds is 1. The Morgan fingerprint density at radius 3 is 2.92 bits per heavy atom. The third-order valence-electron chi connectivity index (χ3n) is 1.39. The van der Waals surface area contributed by atoms with Crippen LogP contribution in [0.15, 0.2) is 10.7 Å². The van der Waals surface area contributed by atoms with Gasteiger partial charge in [0.2, 0.25) is 5.95 Å². The molecule has 1 aromatic heterocycles. The number of esters is 1. The van der Waals surface area contributed by atoms with Gasteiger partial charge in [-0.15, -0.1) is 0 Å². The molecule has 0 bridgehead atoms. The summed E-state index contributed by atoms with van der Waals surface area (Å²) in [5.74, 6) is -1.49. The molecule has 0 aliphatic rings. The van der Waals surface area contributed by atoms with Crippen LogP contribution in [-0.4, -0.2) is 18.1 Å². The number of hydrogen-bond donors (Lipinski definition) is 1. The molecule has 0 amide bonds. The molecule has 4 nitrogen and oxygen atoms in total. The number of nitrogen functional groups attached to an aromatic ring is 1. The van der Waals surface area contributed by atoms with Gasteiger partial charge in [0.25, 0.3) is 0 Å². The topological polar surface area (TPSA) is 65.2 Å². The van der Waals surface area contributed by atoms with Crippen molar-refractivity contribution in [3.8, 4) is 0 Å². The van der Waals surface area contributed by atoms with Gasteiger partial charge in [-0.05, 0) is 15.9 Å². The van der Waals surface area contributed by atoms with E-state index in [2.05, 4.69) is 25.7 Å². The maximum absolute atomic E-state index is 12.7. The molecule has 0 aromatic carbocycles. The van der Waals surface area contributed by atoms with Gasteiger partial charge < -0.3 is 10.5 Å². The quantitative estimate of drug-likeness (QED) is 0.602. The summed E-state index contributed by atoms with van der Waals surface area (Å²) in [6.07, 6.45) is 0. The molecular formula is C7H6BrFN2O2. The van der Waals surface area contributed by atoms with Crippen LogP contribution in [0.2, 0.25) is 0 Å². The molecule has 0 saturated carbocycles. The molecule has 0 radical (unpaired) electrons. The highest BCUT2D eigenvalue weighted by Crippen LogP contribution is 2.22. The van der Waals surface area contributed by atoms with Crippen molar-refractivity contribution in [3.63, 3.8) is 0 Å². The minimum atomic E-state index is -0.790. The average Bonchev–Trinajstić information content (AvgIpc) is 2.10. The van der Waals surface area contributed by atoms with Crippen molar-refractivity contribution in [2.24, 2.45) is 0 Å². The van der Waals surface area contributed by atoms with E-state index >= 15 is 0 Å². The number of nitrogens with zero attached hydrogens (tertiary/aromatic N) is 1. The number of hydrogen-bond acceptors (Lipinski definition) is 4. The first-order valence-electron chi connectivity index (χ1n) is 3.26. The first-order chi connectivity index (χ1) is 6.06. The zero-order chi connectivity index (χ0) is 10.0. The van der Waals surface area contributed by atoms with Gasteiger partial charge in [0, 0.05) is 6.07 Å². The normalized spacial score (nSPS) is 9.77. The van der Waals surface area contributed by atoms with Crippen LogP contribution in [-0.2, 0) is 4.74 Å². The third-order valence-corrected chi connectivity index (χ3v) is 1.99. The number of carbonyl (C=O) groups is 1. The van der Waals surface area contributed by atoms with Crippen molar-refractivity contribution in [1.82, 2.24) is 4.98 Å². The monoisotopic (exact) mass is 248 g/mol. The van der Waals surface area contributed by atoms with Crippen molar-refractivity contribution in [3.05, 3.63) is 22.2 Å². The molecule has 0 aliphatic heterocycles. The first-order valence-corrected chi connectivity index (χ1v) is 4.05. The highest BCUT2D eigenvalue weighted by Gasteiger charge is 2.14. The second-order valence-electron chi connectivity index (χ2n) is 2.19. The van der Waals surface area contributed by atoms with Gasteiger partial charge >= 0.3 is 5.97 Å². The Hall–Kier alpha value is -1.17. The fourth-order valence-electron chi connectivity index (χ4n) is 0.773. The second kappa shape index (κ2) is 3.69. The molecule has 1 aromatic rings. The number of ether oxygens (including phenoxy) is 1. The molecule has 13 heavy (non-hydrogen) atoms.